The molecule has 0 aromatic carbocycles. The molecule has 0 rings (SSSR count). The van der Waals surface area contributed by atoms with Gasteiger partial charge in [-0.25, -0.2) is 0 Å². The molecule has 0 fully saturated rings. The van der Waals surface area contributed by atoms with Crippen molar-refractivity contribution in [1.29, 1.82) is 0 Å². The molecule has 0 saturated carbocycles. The predicted molar refractivity (Wildman–Crippen MR) is 39.2 cm³/mol. The number of halogens is 4. The highest BCUT2D eigenvalue weighted by molar-refractivity contribution is 7.34. The summed E-state index contributed by atoms with van der Waals surface area (Å²) in [5, 5.41) is 0. The molecule has 0 aromatic heterocycles. The van der Waals surface area contributed by atoms with E-state index in [9.17, 15) is 0 Å². The van der Waals surface area contributed by atoms with Crippen LogP contribution in [0.2, 0.25) is 6.04 Å². The molecule has 0 aliphatic carbocycles. The summed E-state index contributed by atoms with van der Waals surface area (Å²) < 4.78 is 0. The molecule has 0 spiro atoms. The van der Waals surface area contributed by atoms with Gasteiger partial charge in [-0.3, -0.25) is 0 Å². The van der Waals surface area contributed by atoms with Gasteiger partial charge in [0.25, 0.3) is 0 Å². The minimum atomic E-state index is -1.55. The van der Waals surface area contributed by atoms with Gasteiger partial charge < -0.3 is 0 Å². The van der Waals surface area contributed by atoms with Crippen LogP contribution in [0.25, 0.3) is 0 Å². The molecule has 0 saturated heterocycles. The summed E-state index contributed by atoms with van der Waals surface area (Å²) in [5.41, 5.74) is 0. The second kappa shape index (κ2) is 4.27. The summed E-state index contributed by atoms with van der Waals surface area (Å²) in [4.78, 5) is -0.383. The van der Waals surface area contributed by atoms with E-state index in [4.69, 9.17) is 45.4 Å². The molecule has 0 atom stereocenters. The Morgan fingerprint density at radius 3 is 1.71 bits per heavy atom. The molecule has 0 radical (unpaired) electrons. The van der Waals surface area contributed by atoms with E-state index in [2.05, 4.69) is 0 Å². The molecular weight excluding hydrogens is 194 g/mol. The molecule has 0 aromatic rings. The van der Waals surface area contributed by atoms with Crippen molar-refractivity contribution in [1.82, 2.24) is 0 Å². The van der Waals surface area contributed by atoms with Crippen molar-refractivity contribution in [2.24, 2.45) is 0 Å². The molecule has 5 heteroatoms. The topological polar surface area (TPSA) is 0 Å². The molecule has 7 heavy (non-hydrogen) atoms. The molecule has 0 N–H and O–H groups in total. The third-order valence-electron chi connectivity index (χ3n) is 0.356. The maximum absolute atomic E-state index is 5.41. The lowest BCUT2D eigenvalue weighted by atomic mass is 10.9. The fourth-order valence-corrected chi connectivity index (χ4v) is 3.64. The molecule has 0 aliphatic heterocycles. The smallest absolute Gasteiger partial charge is 0.150 e. The van der Waals surface area contributed by atoms with Gasteiger partial charge in [0, 0.05) is 0 Å². The van der Waals surface area contributed by atoms with E-state index in [1.54, 1.807) is 0 Å². The Hall–Kier alpha value is 1.38. The van der Waals surface area contributed by atoms with Gasteiger partial charge in [0.05, 0.1) is 0 Å². The van der Waals surface area contributed by atoms with Gasteiger partial charge in [-0.15, -0.1) is 23.2 Å². The first-order chi connectivity index (χ1) is 3.13. The van der Waals surface area contributed by atoms with Gasteiger partial charge in [-0.05, 0) is 6.04 Å². The van der Waals surface area contributed by atoms with Gasteiger partial charge in [0.2, 0.25) is 7.42 Å². The highest BCUT2D eigenvalue weighted by atomic mass is 35.7. The molecule has 0 nitrogen and oxygen atoms in total. The summed E-state index contributed by atoms with van der Waals surface area (Å²) in [6, 6.07) is 0.562. The molecule has 44 valence electrons. The minimum absolute atomic E-state index is 0.383. The average molecular weight is 198 g/mol. The lowest BCUT2D eigenvalue weighted by Crippen LogP contribution is -1.97. The van der Waals surface area contributed by atoms with Crippen LogP contribution in [0.4, 0.5) is 0 Å². The second-order valence-corrected chi connectivity index (χ2v) is 7.38. The quantitative estimate of drug-likeness (QED) is 0.363. The van der Waals surface area contributed by atoms with Crippen molar-refractivity contribution in [3.8, 4) is 0 Å². The maximum Gasteiger partial charge on any atom is 0.239 e. The lowest BCUT2D eigenvalue weighted by Gasteiger charge is -1.95. The number of alkyl halides is 2. The van der Waals surface area contributed by atoms with Gasteiger partial charge in [0.15, 0.2) is 0 Å². The third kappa shape index (κ3) is 7.38. The van der Waals surface area contributed by atoms with E-state index in [1.807, 2.05) is 0 Å². The molecule has 0 bridgehead atoms. The lowest BCUT2D eigenvalue weighted by molar-refractivity contribution is 1.36. The van der Waals surface area contributed by atoms with Crippen molar-refractivity contribution in [3.63, 3.8) is 0 Å². The first kappa shape index (κ1) is 8.38. The van der Waals surface area contributed by atoms with E-state index in [0.29, 0.717) is 6.04 Å². The van der Waals surface area contributed by atoms with Gasteiger partial charge in [-0.1, -0.05) is 0 Å². The van der Waals surface area contributed by atoms with Crippen molar-refractivity contribution >= 4 is 52.8 Å². The Balaban J connectivity index is 2.95. The zero-order chi connectivity index (χ0) is 5.86. The summed E-state index contributed by atoms with van der Waals surface area (Å²) >= 11 is 21.4. The Labute approximate surface area is 63.7 Å². The number of hydrogen-bond acceptors (Lipinski definition) is 0. The molecule has 0 aliphatic rings. The minimum Gasteiger partial charge on any atom is -0.150 e. The summed E-state index contributed by atoms with van der Waals surface area (Å²) in [7, 11) is -1.55. The van der Waals surface area contributed by atoms with Gasteiger partial charge in [-0.2, -0.15) is 22.2 Å². The van der Waals surface area contributed by atoms with Gasteiger partial charge in [0.1, 0.15) is 4.84 Å². The number of hydrogen-bond donors (Lipinski definition) is 0. The normalized spacial score (nSPS) is 11.1. The van der Waals surface area contributed by atoms with Crippen LogP contribution in [0.1, 0.15) is 0 Å². The van der Waals surface area contributed by atoms with Crippen LogP contribution < -0.4 is 0 Å². The van der Waals surface area contributed by atoms with E-state index < -0.39 is 7.42 Å². The van der Waals surface area contributed by atoms with Crippen LogP contribution in [0.15, 0.2) is 0 Å². The number of rotatable bonds is 2. The van der Waals surface area contributed by atoms with E-state index >= 15 is 0 Å². The Kier molecular flexibility index (Phi) is 5.12. The second-order valence-electron chi connectivity index (χ2n) is 1.02. The SMILES string of the molecule is ClC(Cl)C[SiH](Cl)Cl. The van der Waals surface area contributed by atoms with Crippen LogP contribution in [-0.4, -0.2) is 12.3 Å². The fraction of sp³-hybridized carbons (Fsp3) is 1.00. The molecule has 0 heterocycles. The highest BCUT2D eigenvalue weighted by Gasteiger charge is 2.06. The van der Waals surface area contributed by atoms with E-state index in [-0.39, 0.29) is 4.84 Å². The highest BCUT2D eigenvalue weighted by Crippen LogP contribution is 2.14. The molecule has 0 amide bonds. The standard InChI is InChI=1S/C2H4Cl4Si/c3-2(4)1-7(5)6/h2,7H,1H2. The fourth-order valence-electron chi connectivity index (χ4n) is 0.135. The van der Waals surface area contributed by atoms with Crippen LogP contribution in [0, 0.1) is 0 Å². The van der Waals surface area contributed by atoms with E-state index in [1.165, 1.54) is 0 Å². The Morgan fingerprint density at radius 1 is 1.29 bits per heavy atom. The van der Waals surface area contributed by atoms with Crippen LogP contribution >= 0.6 is 45.4 Å². The van der Waals surface area contributed by atoms with E-state index in [0.717, 1.165) is 0 Å². The monoisotopic (exact) mass is 196 g/mol. The maximum atomic E-state index is 5.41. The third-order valence-corrected chi connectivity index (χ3v) is 3.21. The molecular formula is C2H4Cl4Si. The van der Waals surface area contributed by atoms with Crippen molar-refractivity contribution < 1.29 is 0 Å². The summed E-state index contributed by atoms with van der Waals surface area (Å²) in [6.07, 6.45) is 0. The first-order valence-corrected chi connectivity index (χ1v) is 6.87. The zero-order valence-corrected chi connectivity index (χ0v) is 7.55. The largest absolute Gasteiger partial charge is 0.239 e. The van der Waals surface area contributed by atoms with Crippen LogP contribution in [-0.2, 0) is 0 Å². The zero-order valence-electron chi connectivity index (χ0n) is 3.37. The Morgan fingerprint density at radius 2 is 1.71 bits per heavy atom. The van der Waals surface area contributed by atoms with Crippen LogP contribution in [0.3, 0.4) is 0 Å². The van der Waals surface area contributed by atoms with Crippen molar-refractivity contribution in [2.45, 2.75) is 10.9 Å². The Bertz CT molecular complexity index is 39.0. The first-order valence-electron chi connectivity index (χ1n) is 1.69. The molecule has 0 unspecified atom stereocenters. The van der Waals surface area contributed by atoms with Gasteiger partial charge >= 0.3 is 0 Å². The summed E-state index contributed by atoms with van der Waals surface area (Å²) in [5.74, 6) is 0. The average Bonchev–Trinajstić information content (AvgIpc) is 1.27. The summed E-state index contributed by atoms with van der Waals surface area (Å²) in [6.45, 7) is 0. The van der Waals surface area contributed by atoms with Crippen molar-refractivity contribution in [3.05, 3.63) is 0 Å². The van der Waals surface area contributed by atoms with Crippen molar-refractivity contribution in [2.75, 3.05) is 0 Å². The predicted octanol–water partition coefficient (Wildman–Crippen LogP) is 2.49. The van der Waals surface area contributed by atoms with Crippen LogP contribution in [0.5, 0.6) is 0 Å².